The molecule has 0 heterocycles. The maximum atomic E-state index is 13.2. The number of carbonyl (C=O) groups is 2. The average molecular weight is 364 g/mol. The van der Waals surface area contributed by atoms with Crippen molar-refractivity contribution in [2.75, 3.05) is 17.7 Å². The number of amides is 2. The Morgan fingerprint density at radius 2 is 1.37 bits per heavy atom. The summed E-state index contributed by atoms with van der Waals surface area (Å²) < 4.78 is 18.3. The second kappa shape index (κ2) is 8.14. The van der Waals surface area contributed by atoms with Gasteiger partial charge in [0.05, 0.1) is 7.11 Å². The summed E-state index contributed by atoms with van der Waals surface area (Å²) in [5, 5.41) is 5.36. The molecule has 0 aliphatic heterocycles. The molecule has 0 atom stereocenters. The molecule has 0 radical (unpaired) electrons. The van der Waals surface area contributed by atoms with Crippen molar-refractivity contribution in [2.24, 2.45) is 0 Å². The van der Waals surface area contributed by atoms with Gasteiger partial charge in [0.25, 0.3) is 11.8 Å². The van der Waals surface area contributed by atoms with E-state index in [2.05, 4.69) is 10.6 Å². The van der Waals surface area contributed by atoms with Crippen LogP contribution in [0.5, 0.6) is 5.75 Å². The normalized spacial score (nSPS) is 10.1. The predicted octanol–water partition coefficient (Wildman–Crippen LogP) is 4.34. The molecule has 0 aromatic heterocycles. The number of nitrogens with one attached hydrogen (secondary N) is 2. The molecule has 0 saturated heterocycles. The first-order chi connectivity index (χ1) is 13.0. The van der Waals surface area contributed by atoms with Crippen LogP contribution in [-0.2, 0) is 0 Å². The van der Waals surface area contributed by atoms with Crippen molar-refractivity contribution in [3.05, 3.63) is 89.7 Å². The lowest BCUT2D eigenvalue weighted by Gasteiger charge is -2.09. The van der Waals surface area contributed by atoms with Crippen LogP contribution in [0.2, 0.25) is 0 Å². The van der Waals surface area contributed by atoms with Crippen molar-refractivity contribution >= 4 is 23.2 Å². The highest BCUT2D eigenvalue weighted by Crippen LogP contribution is 2.17. The van der Waals surface area contributed by atoms with E-state index in [1.54, 1.807) is 55.6 Å². The lowest BCUT2D eigenvalue weighted by atomic mass is 10.1. The molecule has 6 heteroatoms. The zero-order valence-corrected chi connectivity index (χ0v) is 14.5. The molecule has 2 N–H and O–H groups in total. The van der Waals surface area contributed by atoms with Crippen LogP contribution < -0.4 is 15.4 Å². The van der Waals surface area contributed by atoms with Gasteiger partial charge in [0, 0.05) is 22.5 Å². The Hall–Kier alpha value is -3.67. The molecule has 3 rings (SSSR count). The third-order valence-electron chi connectivity index (χ3n) is 3.82. The fourth-order valence-corrected chi connectivity index (χ4v) is 2.45. The minimum atomic E-state index is -0.444. The zero-order chi connectivity index (χ0) is 19.2. The molecule has 0 saturated carbocycles. The van der Waals surface area contributed by atoms with Crippen LogP contribution in [0.1, 0.15) is 20.7 Å². The van der Waals surface area contributed by atoms with Crippen LogP contribution in [0.3, 0.4) is 0 Å². The van der Waals surface area contributed by atoms with Gasteiger partial charge in [-0.2, -0.15) is 0 Å². The Morgan fingerprint density at radius 1 is 0.778 bits per heavy atom. The summed E-state index contributed by atoms with van der Waals surface area (Å²) in [7, 11) is 1.56. The van der Waals surface area contributed by atoms with Crippen LogP contribution in [0.15, 0.2) is 72.8 Å². The molecule has 0 aliphatic carbocycles. The van der Waals surface area contributed by atoms with Gasteiger partial charge >= 0.3 is 0 Å². The predicted molar refractivity (Wildman–Crippen MR) is 102 cm³/mol. The van der Waals surface area contributed by atoms with Gasteiger partial charge in [-0.25, -0.2) is 4.39 Å². The summed E-state index contributed by atoms with van der Waals surface area (Å²) in [5.74, 6) is -0.537. The number of benzene rings is 3. The fourth-order valence-electron chi connectivity index (χ4n) is 2.45. The molecular weight excluding hydrogens is 347 g/mol. The number of methoxy groups -OCH3 is 1. The molecular formula is C21H17FN2O3. The monoisotopic (exact) mass is 364 g/mol. The third-order valence-corrected chi connectivity index (χ3v) is 3.82. The Morgan fingerprint density at radius 3 is 1.96 bits per heavy atom. The first-order valence-electron chi connectivity index (χ1n) is 8.17. The maximum Gasteiger partial charge on any atom is 0.255 e. The number of carbonyl (C=O) groups excluding carboxylic acids is 2. The highest BCUT2D eigenvalue weighted by molar-refractivity contribution is 6.08. The molecule has 27 heavy (non-hydrogen) atoms. The number of hydrogen-bond donors (Lipinski definition) is 2. The quantitative estimate of drug-likeness (QED) is 0.708. The first kappa shape index (κ1) is 18.1. The highest BCUT2D eigenvalue weighted by Gasteiger charge is 2.11. The van der Waals surface area contributed by atoms with Crippen LogP contribution in [-0.4, -0.2) is 18.9 Å². The minimum absolute atomic E-state index is 0.293. The van der Waals surface area contributed by atoms with E-state index in [1.807, 2.05) is 0 Å². The molecule has 0 unspecified atom stereocenters. The lowest BCUT2D eigenvalue weighted by Crippen LogP contribution is -2.15. The Bertz CT molecular complexity index is 971. The van der Waals surface area contributed by atoms with Gasteiger partial charge in [-0.1, -0.05) is 12.1 Å². The largest absolute Gasteiger partial charge is 0.497 e. The summed E-state index contributed by atoms with van der Waals surface area (Å²) in [4.78, 5) is 24.8. The van der Waals surface area contributed by atoms with E-state index in [1.165, 1.54) is 24.3 Å². The van der Waals surface area contributed by atoms with E-state index in [0.29, 0.717) is 28.3 Å². The van der Waals surface area contributed by atoms with E-state index in [0.717, 1.165) is 0 Å². The van der Waals surface area contributed by atoms with Crippen LogP contribution in [0.4, 0.5) is 15.8 Å². The molecule has 0 bridgehead atoms. The number of halogens is 1. The van der Waals surface area contributed by atoms with Crippen molar-refractivity contribution in [2.45, 2.75) is 0 Å². The van der Waals surface area contributed by atoms with Crippen LogP contribution in [0, 0.1) is 5.82 Å². The maximum absolute atomic E-state index is 13.2. The Kier molecular flexibility index (Phi) is 5.47. The Labute approximate surface area is 155 Å². The summed E-state index contributed by atoms with van der Waals surface area (Å²) in [6.07, 6.45) is 0. The van der Waals surface area contributed by atoms with E-state index in [4.69, 9.17) is 4.74 Å². The minimum Gasteiger partial charge on any atom is -0.497 e. The summed E-state index contributed by atoms with van der Waals surface area (Å²) in [6, 6.07) is 18.8. The van der Waals surface area contributed by atoms with Gasteiger partial charge in [0.1, 0.15) is 11.6 Å². The summed E-state index contributed by atoms with van der Waals surface area (Å²) in [6.45, 7) is 0. The number of hydrogen-bond acceptors (Lipinski definition) is 3. The summed E-state index contributed by atoms with van der Waals surface area (Å²) >= 11 is 0. The van der Waals surface area contributed by atoms with Gasteiger partial charge < -0.3 is 15.4 Å². The number of ether oxygens (including phenoxy) is 1. The average Bonchev–Trinajstić information content (AvgIpc) is 2.68. The van der Waals surface area contributed by atoms with Crippen molar-refractivity contribution < 1.29 is 18.7 Å². The number of anilines is 2. The molecule has 5 nitrogen and oxygen atoms in total. The van der Waals surface area contributed by atoms with Crippen molar-refractivity contribution in [1.82, 2.24) is 0 Å². The Balaban J connectivity index is 1.71. The van der Waals surface area contributed by atoms with Gasteiger partial charge in [-0.3, -0.25) is 9.59 Å². The van der Waals surface area contributed by atoms with E-state index in [9.17, 15) is 14.0 Å². The molecule has 0 aliphatic rings. The second-order valence-corrected chi connectivity index (χ2v) is 5.73. The van der Waals surface area contributed by atoms with Crippen LogP contribution in [0.25, 0.3) is 0 Å². The topological polar surface area (TPSA) is 67.4 Å². The zero-order valence-electron chi connectivity index (χ0n) is 14.5. The highest BCUT2D eigenvalue weighted by atomic mass is 19.1. The lowest BCUT2D eigenvalue weighted by molar-refractivity contribution is 0.102. The van der Waals surface area contributed by atoms with Crippen LogP contribution >= 0.6 is 0 Å². The standard InChI is InChI=1S/C21H17FN2O3/c1-27-19-10-8-17(9-11-19)23-20(25)14-4-2-5-15(12-14)21(26)24-18-7-3-6-16(22)13-18/h2-13H,1H3,(H,23,25)(H,24,26). The van der Waals surface area contributed by atoms with Crippen molar-refractivity contribution in [1.29, 1.82) is 0 Å². The fraction of sp³-hybridized carbons (Fsp3) is 0.0476. The molecule has 0 spiro atoms. The molecule has 3 aromatic carbocycles. The molecule has 3 aromatic rings. The van der Waals surface area contributed by atoms with E-state index in [-0.39, 0.29) is 5.91 Å². The van der Waals surface area contributed by atoms with Gasteiger partial charge in [-0.05, 0) is 60.7 Å². The molecule has 2 amide bonds. The van der Waals surface area contributed by atoms with Gasteiger partial charge in [-0.15, -0.1) is 0 Å². The van der Waals surface area contributed by atoms with Gasteiger partial charge in [0.15, 0.2) is 0 Å². The van der Waals surface area contributed by atoms with E-state index >= 15 is 0 Å². The first-order valence-corrected chi connectivity index (χ1v) is 8.17. The second-order valence-electron chi connectivity index (χ2n) is 5.73. The van der Waals surface area contributed by atoms with E-state index < -0.39 is 11.7 Å². The molecule has 0 fully saturated rings. The van der Waals surface area contributed by atoms with Gasteiger partial charge in [0.2, 0.25) is 0 Å². The smallest absolute Gasteiger partial charge is 0.255 e. The molecule has 136 valence electrons. The third kappa shape index (κ3) is 4.70. The summed E-state index contributed by atoms with van der Waals surface area (Å²) in [5.41, 5.74) is 1.57. The number of rotatable bonds is 5. The SMILES string of the molecule is COc1ccc(NC(=O)c2cccc(C(=O)Nc3cccc(F)c3)c2)cc1. The van der Waals surface area contributed by atoms with Crippen molar-refractivity contribution in [3.8, 4) is 5.75 Å². The van der Waals surface area contributed by atoms with Crippen molar-refractivity contribution in [3.63, 3.8) is 0 Å².